The highest BCUT2D eigenvalue weighted by Gasteiger charge is 2.51. The molecule has 5 rings (SSSR count). The number of thioether (sulfide) groups is 1. The summed E-state index contributed by atoms with van der Waals surface area (Å²) < 4.78 is 40.0. The molecule has 1 spiro atoms. The van der Waals surface area contributed by atoms with E-state index in [-0.39, 0.29) is 16.8 Å². The first-order chi connectivity index (χ1) is 16.6. The fourth-order valence-corrected chi connectivity index (χ4v) is 5.85. The summed E-state index contributed by atoms with van der Waals surface area (Å²) in [6.07, 6.45) is 1.74. The summed E-state index contributed by atoms with van der Waals surface area (Å²) in [5.74, 6) is -1.61. The number of ether oxygens (including phenoxy) is 1. The molecule has 2 aromatic heterocycles. The number of nitrogens with zero attached hydrogens (tertiary/aromatic N) is 3. The highest BCUT2D eigenvalue weighted by molar-refractivity contribution is 8.01. The third-order valence-electron chi connectivity index (χ3n) is 6.03. The van der Waals surface area contributed by atoms with E-state index in [0.717, 1.165) is 47.3 Å². The highest BCUT2D eigenvalue weighted by atomic mass is 32.2. The summed E-state index contributed by atoms with van der Waals surface area (Å²) in [6.45, 7) is 2.26. The van der Waals surface area contributed by atoms with Crippen molar-refractivity contribution in [2.24, 2.45) is 7.05 Å². The van der Waals surface area contributed by atoms with Crippen molar-refractivity contribution in [2.75, 3.05) is 18.8 Å². The molecule has 0 saturated carbocycles. The third kappa shape index (κ3) is 5.62. The van der Waals surface area contributed by atoms with Crippen molar-refractivity contribution in [1.29, 1.82) is 0 Å². The molecular weight excluding hydrogens is 483 g/mol. The lowest BCUT2D eigenvalue weighted by Crippen LogP contribution is -2.60. The molecule has 2 aliphatic rings. The Hall–Kier alpha value is -3.05. The number of alkyl halides is 3. The lowest BCUT2D eigenvalue weighted by molar-refractivity contribution is -0.192. The SMILES string of the molecule is Cn1cc(C(=O)N2CC3(CC(OCc4ccncc4)CS3)C2)c2ccccc21.O=C(O)C(F)(F)F. The van der Waals surface area contributed by atoms with Gasteiger partial charge in [-0.1, -0.05) is 18.2 Å². The van der Waals surface area contributed by atoms with Crippen LogP contribution in [0.1, 0.15) is 22.3 Å². The summed E-state index contributed by atoms with van der Waals surface area (Å²) in [6, 6.07) is 12.1. The maximum absolute atomic E-state index is 13.1. The first-order valence-electron chi connectivity index (χ1n) is 10.9. The van der Waals surface area contributed by atoms with Crippen LogP contribution in [0.15, 0.2) is 55.0 Å². The number of carboxylic acid groups (broad SMARTS) is 1. The summed E-state index contributed by atoms with van der Waals surface area (Å²) in [5, 5.41) is 8.16. The molecule has 2 saturated heterocycles. The number of carbonyl (C=O) groups is 2. The maximum Gasteiger partial charge on any atom is 0.490 e. The second kappa shape index (κ2) is 9.90. The van der Waals surface area contributed by atoms with Gasteiger partial charge in [0.25, 0.3) is 5.91 Å². The van der Waals surface area contributed by atoms with Crippen LogP contribution in [-0.4, -0.2) is 67.3 Å². The Bertz CT molecular complexity index is 1210. The van der Waals surface area contributed by atoms with Crippen LogP contribution in [0.4, 0.5) is 13.2 Å². The minimum absolute atomic E-state index is 0.143. The van der Waals surface area contributed by atoms with E-state index in [1.54, 1.807) is 12.4 Å². The molecule has 1 aromatic carbocycles. The quantitative estimate of drug-likeness (QED) is 0.572. The number of carbonyl (C=O) groups excluding carboxylic acids is 1. The monoisotopic (exact) mass is 507 g/mol. The zero-order valence-electron chi connectivity index (χ0n) is 18.9. The maximum atomic E-state index is 13.1. The summed E-state index contributed by atoms with van der Waals surface area (Å²) >= 11 is 1.96. The average Bonchev–Trinajstić information content (AvgIpc) is 3.39. The molecule has 4 heterocycles. The number of likely N-dealkylation sites (tertiary alicyclic amines) is 1. The number of hydrogen-bond acceptors (Lipinski definition) is 5. The predicted octanol–water partition coefficient (Wildman–Crippen LogP) is 4.12. The molecule has 1 atom stereocenters. The molecule has 11 heteroatoms. The Morgan fingerprint density at radius 2 is 1.86 bits per heavy atom. The van der Waals surface area contributed by atoms with Gasteiger partial charge in [0.1, 0.15) is 0 Å². The Morgan fingerprint density at radius 1 is 1.20 bits per heavy atom. The smallest absolute Gasteiger partial charge is 0.475 e. The summed E-state index contributed by atoms with van der Waals surface area (Å²) in [5.41, 5.74) is 3.06. The number of aliphatic carboxylic acids is 1. The number of aromatic nitrogens is 2. The second-order valence-corrected chi connectivity index (χ2v) is 10.1. The van der Waals surface area contributed by atoms with Gasteiger partial charge >= 0.3 is 12.1 Å². The van der Waals surface area contributed by atoms with Crippen molar-refractivity contribution in [2.45, 2.75) is 30.1 Å². The summed E-state index contributed by atoms with van der Waals surface area (Å²) in [7, 11) is 1.99. The molecule has 3 aromatic rings. The van der Waals surface area contributed by atoms with Gasteiger partial charge in [0, 0.05) is 55.4 Å². The van der Waals surface area contributed by atoms with Crippen LogP contribution in [0, 0.1) is 0 Å². The lowest BCUT2D eigenvalue weighted by atomic mass is 9.92. The largest absolute Gasteiger partial charge is 0.490 e. The Balaban J connectivity index is 0.000000364. The van der Waals surface area contributed by atoms with Crippen LogP contribution < -0.4 is 0 Å². The van der Waals surface area contributed by atoms with Crippen LogP contribution in [0.2, 0.25) is 0 Å². The molecule has 2 fully saturated rings. The van der Waals surface area contributed by atoms with Crippen molar-refractivity contribution in [3.05, 3.63) is 66.1 Å². The standard InChI is InChI=1S/C22H23N3O2S.C2HF3O2/c1-24-11-19(18-4-2-3-5-20(18)24)21(26)25-14-22(15-25)10-17(13-28-22)27-12-16-6-8-23-9-7-16;3-2(4,5)1(6)7/h2-9,11,17H,10,12-15H2,1H3;(H,6,7). The van der Waals surface area contributed by atoms with Crippen LogP contribution in [0.3, 0.4) is 0 Å². The average molecular weight is 508 g/mol. The van der Waals surface area contributed by atoms with Gasteiger partial charge in [-0.3, -0.25) is 9.78 Å². The molecule has 7 nitrogen and oxygen atoms in total. The van der Waals surface area contributed by atoms with E-state index in [4.69, 9.17) is 14.6 Å². The van der Waals surface area contributed by atoms with E-state index in [1.165, 1.54) is 0 Å². The molecule has 1 unspecified atom stereocenters. The van der Waals surface area contributed by atoms with E-state index >= 15 is 0 Å². The number of halogens is 3. The van der Waals surface area contributed by atoms with Crippen LogP contribution in [0.5, 0.6) is 0 Å². The first-order valence-corrected chi connectivity index (χ1v) is 11.8. The Kier molecular flexibility index (Phi) is 7.09. The second-order valence-electron chi connectivity index (χ2n) is 8.62. The van der Waals surface area contributed by atoms with E-state index < -0.39 is 12.1 Å². The molecule has 0 bridgehead atoms. The van der Waals surface area contributed by atoms with Crippen LogP contribution in [0.25, 0.3) is 10.9 Å². The van der Waals surface area contributed by atoms with Gasteiger partial charge in [0.2, 0.25) is 0 Å². The molecule has 1 N–H and O–H groups in total. The van der Waals surface area contributed by atoms with Crippen molar-refractivity contribution in [3.63, 3.8) is 0 Å². The number of amides is 1. The van der Waals surface area contributed by atoms with Gasteiger partial charge in [0.15, 0.2) is 0 Å². The first kappa shape index (κ1) is 25.1. The fraction of sp³-hybridized carbons (Fsp3) is 0.375. The van der Waals surface area contributed by atoms with Crippen molar-refractivity contribution < 1.29 is 32.6 Å². The van der Waals surface area contributed by atoms with Crippen molar-refractivity contribution in [1.82, 2.24) is 14.5 Å². The zero-order chi connectivity index (χ0) is 25.2. The van der Waals surface area contributed by atoms with Gasteiger partial charge in [-0.25, -0.2) is 4.79 Å². The number of aryl methyl sites for hydroxylation is 1. The lowest BCUT2D eigenvalue weighted by Gasteiger charge is -2.47. The van der Waals surface area contributed by atoms with Crippen molar-refractivity contribution in [3.8, 4) is 0 Å². The number of pyridine rings is 1. The normalized spacial score (nSPS) is 18.7. The number of carboxylic acids is 1. The van der Waals surface area contributed by atoms with Gasteiger partial charge in [0.05, 0.1) is 23.0 Å². The number of para-hydroxylation sites is 1. The van der Waals surface area contributed by atoms with Crippen molar-refractivity contribution >= 4 is 34.5 Å². The van der Waals surface area contributed by atoms with E-state index in [9.17, 15) is 18.0 Å². The summed E-state index contributed by atoms with van der Waals surface area (Å²) in [4.78, 5) is 28.0. The Morgan fingerprint density at radius 3 is 2.51 bits per heavy atom. The van der Waals surface area contributed by atoms with Gasteiger partial charge in [-0.05, 0) is 30.2 Å². The van der Waals surface area contributed by atoms with E-state index in [1.807, 2.05) is 64.8 Å². The fourth-order valence-electron chi connectivity index (χ4n) is 4.30. The number of rotatable bonds is 4. The predicted molar refractivity (Wildman–Crippen MR) is 125 cm³/mol. The molecule has 35 heavy (non-hydrogen) atoms. The van der Waals surface area contributed by atoms with Crippen LogP contribution in [-0.2, 0) is 23.2 Å². The number of benzene rings is 1. The Labute approximate surface area is 203 Å². The third-order valence-corrected chi connectivity index (χ3v) is 7.60. The molecule has 0 radical (unpaired) electrons. The minimum atomic E-state index is -5.08. The molecule has 2 aliphatic heterocycles. The van der Waals surface area contributed by atoms with E-state index in [0.29, 0.717) is 6.61 Å². The minimum Gasteiger partial charge on any atom is -0.475 e. The number of hydrogen-bond donors (Lipinski definition) is 1. The van der Waals surface area contributed by atoms with E-state index in [2.05, 4.69) is 11.1 Å². The van der Waals surface area contributed by atoms with Gasteiger partial charge in [-0.15, -0.1) is 11.8 Å². The zero-order valence-corrected chi connectivity index (χ0v) is 19.7. The highest BCUT2D eigenvalue weighted by Crippen LogP contribution is 2.46. The number of fused-ring (bicyclic) bond motifs is 1. The topological polar surface area (TPSA) is 84.7 Å². The van der Waals surface area contributed by atoms with Gasteiger partial charge < -0.3 is 19.3 Å². The molecule has 0 aliphatic carbocycles. The molecule has 186 valence electrons. The molecule has 1 amide bonds. The molecular formula is C24H24F3N3O4S. The van der Waals surface area contributed by atoms with Crippen LogP contribution >= 0.6 is 11.8 Å². The van der Waals surface area contributed by atoms with Gasteiger partial charge in [-0.2, -0.15) is 13.2 Å².